The van der Waals surface area contributed by atoms with Crippen LogP contribution in [0, 0.1) is 18.6 Å². The van der Waals surface area contributed by atoms with Crippen LogP contribution in [0.2, 0.25) is 5.02 Å². The Labute approximate surface area is 285 Å². The third-order valence-corrected chi connectivity index (χ3v) is 12.8. The largest absolute Gasteiger partial charge is 0.339 e. The van der Waals surface area contributed by atoms with Gasteiger partial charge in [-0.3, -0.25) is 9.69 Å². The topological polar surface area (TPSA) is 87.5 Å². The number of rotatable bonds is 8. The van der Waals surface area contributed by atoms with Crippen LogP contribution in [0.15, 0.2) is 65.6 Å². The van der Waals surface area contributed by atoms with Crippen LogP contribution in [0.5, 0.6) is 0 Å². The number of para-hydroxylation sites is 2. The van der Waals surface area contributed by atoms with Crippen LogP contribution < -0.4 is 4.72 Å². The summed E-state index contributed by atoms with van der Waals surface area (Å²) in [5.41, 5.74) is 2.75. The van der Waals surface area contributed by atoms with E-state index >= 15 is 0 Å². The van der Waals surface area contributed by atoms with Crippen molar-refractivity contribution in [1.82, 2.24) is 24.1 Å². The van der Waals surface area contributed by atoms with Crippen molar-refractivity contribution in [3.8, 4) is 0 Å². The first-order chi connectivity index (χ1) is 23.0. The number of aryl methyl sites for hydroxylation is 1. The molecule has 7 rings (SSSR count). The van der Waals surface area contributed by atoms with Gasteiger partial charge in [0.15, 0.2) is 0 Å². The van der Waals surface area contributed by atoms with Gasteiger partial charge in [0, 0.05) is 31.2 Å². The molecule has 12 heteroatoms. The summed E-state index contributed by atoms with van der Waals surface area (Å²) in [5, 5.41) is -0.146. The minimum absolute atomic E-state index is 0.0644. The van der Waals surface area contributed by atoms with Crippen molar-refractivity contribution in [2.24, 2.45) is 0 Å². The van der Waals surface area contributed by atoms with Gasteiger partial charge in [0.1, 0.15) is 22.4 Å². The summed E-state index contributed by atoms with van der Waals surface area (Å²) < 4.78 is 58.5. The van der Waals surface area contributed by atoms with E-state index in [1.807, 2.05) is 12.1 Å². The molecule has 254 valence electrons. The average molecular weight is 696 g/mol. The highest BCUT2D eigenvalue weighted by molar-refractivity contribution is 7.89. The highest BCUT2D eigenvalue weighted by Gasteiger charge is 2.44. The first kappa shape index (κ1) is 33.1. The quantitative estimate of drug-likeness (QED) is 0.224. The number of imidazole rings is 1. The van der Waals surface area contributed by atoms with E-state index in [1.54, 1.807) is 17.0 Å². The molecule has 1 aromatic heterocycles. The number of carbonyl (C=O) groups excluding carboxylic acids is 1. The van der Waals surface area contributed by atoms with Gasteiger partial charge in [0.25, 0.3) is 5.91 Å². The number of halogens is 3. The van der Waals surface area contributed by atoms with Gasteiger partial charge in [-0.2, -0.15) is 0 Å². The number of piperidine rings is 2. The first-order valence-corrected chi connectivity index (χ1v) is 18.5. The number of sulfonamides is 1. The van der Waals surface area contributed by atoms with Gasteiger partial charge in [-0.05, 0) is 113 Å². The van der Waals surface area contributed by atoms with Gasteiger partial charge in [-0.25, -0.2) is 26.9 Å². The van der Waals surface area contributed by atoms with Gasteiger partial charge in [-0.1, -0.05) is 35.9 Å². The highest BCUT2D eigenvalue weighted by Crippen LogP contribution is 2.45. The Kier molecular flexibility index (Phi) is 8.85. The number of benzene rings is 3. The number of nitrogens with one attached hydrogen (secondary N) is 1. The molecule has 0 unspecified atom stereocenters. The lowest BCUT2D eigenvalue weighted by atomic mass is 9.70. The van der Waals surface area contributed by atoms with Crippen LogP contribution in [-0.2, 0) is 15.4 Å². The van der Waals surface area contributed by atoms with Crippen molar-refractivity contribution < 1.29 is 22.0 Å². The second kappa shape index (κ2) is 12.8. The number of nitrogens with zero attached hydrogens (tertiary/aromatic N) is 4. The average Bonchev–Trinajstić information content (AvgIpc) is 3.53. The Balaban J connectivity index is 1.09. The van der Waals surface area contributed by atoms with E-state index in [0.717, 1.165) is 67.7 Å². The number of hydrogen-bond acceptors (Lipinski definition) is 5. The normalized spacial score (nSPS) is 22.8. The van der Waals surface area contributed by atoms with E-state index in [4.69, 9.17) is 16.6 Å². The molecule has 0 radical (unpaired) electrons. The smallest absolute Gasteiger partial charge is 0.255 e. The number of fused-ring (bicyclic) bond motifs is 3. The zero-order valence-corrected chi connectivity index (χ0v) is 28.7. The standard InChI is InChI=1S/C36H40ClF2N5O3S/c1-23-41-32-8-3-4-9-33(32)44(23)28-19-26-10-11-27(20-28)43(26)17-14-36(24-6-5-7-25(38)18-24)12-15-42(16-13-36)35(45)29-21-34(48(46,47)40-2)31(39)22-30(29)37/h3-9,18,21-22,26-28,40H,10-17,19-20H2,1-2H3/t26-,27+,28+. The number of amides is 1. The maximum atomic E-state index is 14.6. The van der Waals surface area contributed by atoms with Gasteiger partial charge >= 0.3 is 0 Å². The van der Waals surface area contributed by atoms with Crippen LogP contribution in [0.1, 0.15) is 72.7 Å². The zero-order valence-electron chi connectivity index (χ0n) is 27.1. The summed E-state index contributed by atoms with van der Waals surface area (Å²) in [6.07, 6.45) is 6.49. The van der Waals surface area contributed by atoms with E-state index in [2.05, 4.69) is 39.3 Å². The summed E-state index contributed by atoms with van der Waals surface area (Å²) in [6, 6.07) is 18.4. The molecule has 0 aliphatic carbocycles. The predicted octanol–water partition coefficient (Wildman–Crippen LogP) is 6.62. The van der Waals surface area contributed by atoms with Crippen molar-refractivity contribution in [3.63, 3.8) is 0 Å². The monoisotopic (exact) mass is 695 g/mol. The number of hydrogen-bond donors (Lipinski definition) is 1. The van der Waals surface area contributed by atoms with Crippen LogP contribution in [0.3, 0.4) is 0 Å². The molecule has 4 aromatic rings. The lowest BCUT2D eigenvalue weighted by Gasteiger charge is -2.45. The lowest BCUT2D eigenvalue weighted by molar-refractivity contribution is 0.0606. The first-order valence-electron chi connectivity index (χ1n) is 16.7. The van der Waals surface area contributed by atoms with Crippen LogP contribution in [0.25, 0.3) is 11.0 Å². The molecule has 48 heavy (non-hydrogen) atoms. The van der Waals surface area contributed by atoms with Gasteiger partial charge < -0.3 is 9.47 Å². The molecule has 2 bridgehead atoms. The molecule has 3 aliphatic rings. The fourth-order valence-electron chi connectivity index (χ4n) is 8.61. The Morgan fingerprint density at radius 3 is 2.40 bits per heavy atom. The summed E-state index contributed by atoms with van der Waals surface area (Å²) in [7, 11) is -2.96. The number of likely N-dealkylation sites (tertiary alicyclic amines) is 1. The summed E-state index contributed by atoms with van der Waals surface area (Å²) in [4.78, 5) is 22.2. The van der Waals surface area contributed by atoms with E-state index in [-0.39, 0.29) is 21.8 Å². The van der Waals surface area contributed by atoms with Crippen molar-refractivity contribution in [2.75, 3.05) is 26.7 Å². The molecule has 0 spiro atoms. The van der Waals surface area contributed by atoms with Crippen LogP contribution >= 0.6 is 11.6 Å². The molecule has 0 saturated carbocycles. The molecule has 3 saturated heterocycles. The third kappa shape index (κ3) is 5.93. The second-order valence-corrected chi connectivity index (χ2v) is 15.8. The third-order valence-electron chi connectivity index (χ3n) is 11.1. The molecule has 3 atom stereocenters. The molecule has 3 aliphatic heterocycles. The van der Waals surface area contributed by atoms with Crippen molar-refractivity contribution >= 4 is 38.6 Å². The highest BCUT2D eigenvalue weighted by atomic mass is 35.5. The molecular formula is C36H40ClF2N5O3S. The fourth-order valence-corrected chi connectivity index (χ4v) is 9.65. The minimum Gasteiger partial charge on any atom is -0.339 e. The molecular weight excluding hydrogens is 656 g/mol. The van der Waals surface area contributed by atoms with Crippen molar-refractivity contribution in [3.05, 3.63) is 94.3 Å². The minimum atomic E-state index is -4.14. The van der Waals surface area contributed by atoms with E-state index in [0.29, 0.717) is 44.1 Å². The SMILES string of the molecule is CNS(=O)(=O)c1cc(C(=O)N2CCC(CCN3[C@@H]4CC[C@H]3C[C@@H](n3c(C)nc5ccccc53)C4)(c3cccc(F)c3)CC2)c(Cl)cc1F. The number of aromatic nitrogens is 2. The van der Waals surface area contributed by atoms with E-state index in [9.17, 15) is 22.0 Å². The van der Waals surface area contributed by atoms with Crippen LogP contribution in [-0.4, -0.2) is 72.4 Å². The van der Waals surface area contributed by atoms with Crippen molar-refractivity contribution in [2.45, 2.75) is 80.3 Å². The summed E-state index contributed by atoms with van der Waals surface area (Å²) in [6.45, 7) is 3.73. The van der Waals surface area contributed by atoms with Crippen LogP contribution in [0.4, 0.5) is 8.78 Å². The maximum absolute atomic E-state index is 14.6. The summed E-state index contributed by atoms with van der Waals surface area (Å²) >= 11 is 6.27. The van der Waals surface area contributed by atoms with Crippen molar-refractivity contribution in [1.29, 1.82) is 0 Å². The predicted molar refractivity (Wildman–Crippen MR) is 182 cm³/mol. The fraction of sp³-hybridized carbons (Fsp3) is 0.444. The van der Waals surface area contributed by atoms with Gasteiger partial charge in [0.05, 0.1) is 21.6 Å². The zero-order chi connectivity index (χ0) is 33.8. The molecule has 1 amide bonds. The van der Waals surface area contributed by atoms with Gasteiger partial charge in [-0.15, -0.1) is 0 Å². The molecule has 8 nitrogen and oxygen atoms in total. The summed E-state index contributed by atoms with van der Waals surface area (Å²) in [5.74, 6) is -0.711. The Morgan fingerprint density at radius 1 is 1.00 bits per heavy atom. The van der Waals surface area contributed by atoms with E-state index in [1.165, 1.54) is 18.6 Å². The second-order valence-electron chi connectivity index (χ2n) is 13.6. The Bertz CT molecular complexity index is 1960. The molecule has 4 heterocycles. The van der Waals surface area contributed by atoms with Gasteiger partial charge in [0.2, 0.25) is 10.0 Å². The number of carbonyl (C=O) groups is 1. The lowest BCUT2D eigenvalue weighted by Crippen LogP contribution is -2.49. The Morgan fingerprint density at radius 2 is 1.71 bits per heavy atom. The molecule has 3 fully saturated rings. The molecule has 3 aromatic carbocycles. The van der Waals surface area contributed by atoms with E-state index < -0.39 is 26.6 Å². The maximum Gasteiger partial charge on any atom is 0.255 e. The molecule has 1 N–H and O–H groups in total. The Hall–Kier alpha value is -3.38.